The first kappa shape index (κ1) is 12.4. The first-order chi connectivity index (χ1) is 7.70. The Morgan fingerprint density at radius 3 is 2.44 bits per heavy atom. The van der Waals surface area contributed by atoms with Crippen molar-refractivity contribution < 1.29 is 4.74 Å². The van der Waals surface area contributed by atoms with Crippen LogP contribution in [0.4, 0.5) is 0 Å². The lowest BCUT2D eigenvalue weighted by molar-refractivity contribution is 0.0231. The fourth-order valence-corrected chi connectivity index (χ4v) is 3.11. The van der Waals surface area contributed by atoms with Gasteiger partial charge in [-0.2, -0.15) is 0 Å². The van der Waals surface area contributed by atoms with Gasteiger partial charge in [0.05, 0.1) is 0 Å². The Morgan fingerprint density at radius 1 is 1.25 bits per heavy atom. The molecule has 1 aliphatic heterocycles. The van der Waals surface area contributed by atoms with Crippen LogP contribution in [0.25, 0.3) is 0 Å². The summed E-state index contributed by atoms with van der Waals surface area (Å²) in [7, 11) is 0. The fraction of sp³-hybridized carbons (Fsp3) is 1.00. The molecule has 0 amide bonds. The molecule has 1 saturated carbocycles. The van der Waals surface area contributed by atoms with Gasteiger partial charge >= 0.3 is 0 Å². The quantitative estimate of drug-likeness (QED) is 0.776. The Hall–Kier alpha value is -0.0800. The maximum absolute atomic E-state index is 5.45. The van der Waals surface area contributed by atoms with Crippen molar-refractivity contribution in [1.29, 1.82) is 0 Å². The zero-order chi connectivity index (χ0) is 11.4. The van der Waals surface area contributed by atoms with E-state index in [4.69, 9.17) is 4.74 Å². The summed E-state index contributed by atoms with van der Waals surface area (Å²) < 4.78 is 5.45. The molecule has 2 heteroatoms. The van der Waals surface area contributed by atoms with Crippen LogP contribution in [-0.4, -0.2) is 25.8 Å². The van der Waals surface area contributed by atoms with E-state index in [9.17, 15) is 0 Å². The summed E-state index contributed by atoms with van der Waals surface area (Å²) in [6.45, 7) is 7.74. The van der Waals surface area contributed by atoms with Crippen LogP contribution in [0.5, 0.6) is 0 Å². The van der Waals surface area contributed by atoms with E-state index >= 15 is 0 Å². The Morgan fingerprint density at radius 2 is 1.94 bits per heavy atom. The van der Waals surface area contributed by atoms with Crippen molar-refractivity contribution >= 4 is 0 Å². The third-order valence-electron chi connectivity index (χ3n) is 4.36. The van der Waals surface area contributed by atoms with Crippen molar-refractivity contribution in [2.24, 2.45) is 11.3 Å². The van der Waals surface area contributed by atoms with Gasteiger partial charge in [0, 0.05) is 25.8 Å². The molecule has 16 heavy (non-hydrogen) atoms. The van der Waals surface area contributed by atoms with Crippen molar-refractivity contribution in [1.82, 2.24) is 5.32 Å². The van der Waals surface area contributed by atoms with Gasteiger partial charge in [-0.25, -0.2) is 0 Å². The van der Waals surface area contributed by atoms with Crippen molar-refractivity contribution in [3.8, 4) is 0 Å². The first-order valence-corrected chi connectivity index (χ1v) is 7.01. The molecule has 0 aromatic rings. The van der Waals surface area contributed by atoms with E-state index in [2.05, 4.69) is 19.2 Å². The van der Waals surface area contributed by atoms with E-state index in [0.717, 1.165) is 19.1 Å². The van der Waals surface area contributed by atoms with Gasteiger partial charge in [0.1, 0.15) is 0 Å². The van der Waals surface area contributed by atoms with Crippen molar-refractivity contribution in [2.75, 3.05) is 19.8 Å². The monoisotopic (exact) mass is 225 g/mol. The molecule has 1 heterocycles. The molecule has 2 rings (SSSR count). The molecule has 2 fully saturated rings. The van der Waals surface area contributed by atoms with Gasteiger partial charge in [-0.15, -0.1) is 0 Å². The highest BCUT2D eigenvalue weighted by Gasteiger charge is 2.38. The number of rotatable bonds is 5. The molecule has 0 spiro atoms. The second-order valence-electron chi connectivity index (χ2n) is 6.15. The molecule has 0 radical (unpaired) electrons. The lowest BCUT2D eigenvalue weighted by Gasteiger charge is -2.45. The molecular weight excluding hydrogens is 198 g/mol. The van der Waals surface area contributed by atoms with Gasteiger partial charge in [-0.05, 0) is 43.4 Å². The fourth-order valence-electron chi connectivity index (χ4n) is 3.11. The second-order valence-corrected chi connectivity index (χ2v) is 6.15. The number of hydrogen-bond acceptors (Lipinski definition) is 2. The Balaban J connectivity index is 1.78. The molecule has 0 atom stereocenters. The van der Waals surface area contributed by atoms with E-state index in [1.165, 1.54) is 45.1 Å². The molecular formula is C14H27NO. The summed E-state index contributed by atoms with van der Waals surface area (Å²) in [5.74, 6) is 0.933. The Labute approximate surface area is 100 Å². The minimum Gasteiger partial charge on any atom is -0.381 e. The standard InChI is InChI=1S/C14H27NO/c1-12(2)15-11-14(6-3-7-14)10-13-4-8-16-9-5-13/h12-13,15H,3-11H2,1-2H3. The zero-order valence-corrected chi connectivity index (χ0v) is 10.9. The van der Waals surface area contributed by atoms with E-state index in [1.54, 1.807) is 0 Å². The topological polar surface area (TPSA) is 21.3 Å². The summed E-state index contributed by atoms with van der Waals surface area (Å²) in [5, 5.41) is 3.65. The highest BCUT2D eigenvalue weighted by Crippen LogP contribution is 2.46. The predicted octanol–water partition coefficient (Wildman–Crippen LogP) is 2.97. The van der Waals surface area contributed by atoms with Gasteiger partial charge in [-0.3, -0.25) is 0 Å². The lowest BCUT2D eigenvalue weighted by atomic mass is 9.63. The van der Waals surface area contributed by atoms with E-state index < -0.39 is 0 Å². The van der Waals surface area contributed by atoms with Gasteiger partial charge in [0.15, 0.2) is 0 Å². The molecule has 1 N–H and O–H groups in total. The van der Waals surface area contributed by atoms with Crippen LogP contribution < -0.4 is 5.32 Å². The zero-order valence-electron chi connectivity index (χ0n) is 10.9. The highest BCUT2D eigenvalue weighted by atomic mass is 16.5. The van der Waals surface area contributed by atoms with Crippen LogP contribution in [0.1, 0.15) is 52.4 Å². The predicted molar refractivity (Wildman–Crippen MR) is 67.6 cm³/mol. The first-order valence-electron chi connectivity index (χ1n) is 7.01. The number of ether oxygens (including phenoxy) is 1. The molecule has 2 aliphatic rings. The largest absolute Gasteiger partial charge is 0.381 e. The SMILES string of the molecule is CC(C)NCC1(CC2CCOCC2)CCC1. The third kappa shape index (κ3) is 3.21. The van der Waals surface area contributed by atoms with E-state index in [-0.39, 0.29) is 0 Å². The summed E-state index contributed by atoms with van der Waals surface area (Å²) in [4.78, 5) is 0. The Bertz CT molecular complexity index is 205. The van der Waals surface area contributed by atoms with Crippen LogP contribution in [-0.2, 0) is 4.74 Å². The average Bonchev–Trinajstić information content (AvgIpc) is 2.23. The summed E-state index contributed by atoms with van der Waals surface area (Å²) in [6.07, 6.45) is 8.38. The van der Waals surface area contributed by atoms with Gasteiger partial charge in [0.25, 0.3) is 0 Å². The van der Waals surface area contributed by atoms with Crippen molar-refractivity contribution in [3.63, 3.8) is 0 Å². The second kappa shape index (κ2) is 5.50. The van der Waals surface area contributed by atoms with Crippen molar-refractivity contribution in [2.45, 2.75) is 58.4 Å². The maximum atomic E-state index is 5.45. The molecule has 1 aliphatic carbocycles. The van der Waals surface area contributed by atoms with Gasteiger partial charge in [0.2, 0.25) is 0 Å². The highest BCUT2D eigenvalue weighted by molar-refractivity contribution is 4.92. The van der Waals surface area contributed by atoms with Crippen LogP contribution in [0.3, 0.4) is 0 Å². The normalized spacial score (nSPS) is 25.7. The summed E-state index contributed by atoms with van der Waals surface area (Å²) >= 11 is 0. The molecule has 1 saturated heterocycles. The summed E-state index contributed by atoms with van der Waals surface area (Å²) in [6, 6.07) is 0.632. The molecule has 0 aromatic carbocycles. The van der Waals surface area contributed by atoms with Gasteiger partial charge < -0.3 is 10.1 Å². The minimum atomic E-state index is 0.632. The smallest absolute Gasteiger partial charge is 0.0468 e. The van der Waals surface area contributed by atoms with E-state index in [1.807, 2.05) is 0 Å². The molecule has 2 nitrogen and oxygen atoms in total. The number of nitrogens with one attached hydrogen (secondary N) is 1. The van der Waals surface area contributed by atoms with Crippen LogP contribution in [0, 0.1) is 11.3 Å². The minimum absolute atomic E-state index is 0.632. The average molecular weight is 225 g/mol. The Kier molecular flexibility index (Phi) is 4.26. The van der Waals surface area contributed by atoms with Crippen LogP contribution in [0.2, 0.25) is 0 Å². The summed E-state index contributed by atoms with van der Waals surface area (Å²) in [5.41, 5.74) is 0.645. The molecule has 94 valence electrons. The van der Waals surface area contributed by atoms with Crippen molar-refractivity contribution in [3.05, 3.63) is 0 Å². The van der Waals surface area contributed by atoms with E-state index in [0.29, 0.717) is 11.5 Å². The molecule has 0 aromatic heterocycles. The van der Waals surface area contributed by atoms with Crippen LogP contribution >= 0.6 is 0 Å². The molecule has 0 bridgehead atoms. The lowest BCUT2D eigenvalue weighted by Crippen LogP contribution is -2.43. The third-order valence-corrected chi connectivity index (χ3v) is 4.36. The van der Waals surface area contributed by atoms with Gasteiger partial charge in [-0.1, -0.05) is 20.3 Å². The number of hydrogen-bond donors (Lipinski definition) is 1. The molecule has 0 unspecified atom stereocenters. The maximum Gasteiger partial charge on any atom is 0.0468 e. The van der Waals surface area contributed by atoms with Crippen LogP contribution in [0.15, 0.2) is 0 Å².